The molecule has 0 aromatic heterocycles. The first kappa shape index (κ1) is 14.0. The third-order valence-electron chi connectivity index (χ3n) is 1.77. The highest BCUT2D eigenvalue weighted by Crippen LogP contribution is 2.08. The topological polar surface area (TPSA) is 58.6 Å². The molecule has 4 heteroatoms. The van der Waals surface area contributed by atoms with Gasteiger partial charge in [0, 0.05) is 0 Å². The molecule has 0 aromatic carbocycles. The standard InChI is InChI=1S/C11H21NO3/c1-6-8(9(13)7-2)12-10(14)15-11(3,4)5/h6,8-9,13H,1,7H2,2-5H3,(H,12,14). The van der Waals surface area contributed by atoms with Crippen LogP contribution in [-0.4, -0.2) is 28.9 Å². The van der Waals surface area contributed by atoms with Crippen LogP contribution in [0.4, 0.5) is 4.79 Å². The molecule has 0 bridgehead atoms. The summed E-state index contributed by atoms with van der Waals surface area (Å²) in [4.78, 5) is 11.4. The summed E-state index contributed by atoms with van der Waals surface area (Å²) >= 11 is 0. The Hall–Kier alpha value is -1.03. The van der Waals surface area contributed by atoms with Gasteiger partial charge in [0.05, 0.1) is 12.1 Å². The number of aliphatic hydroxyl groups excluding tert-OH is 1. The van der Waals surface area contributed by atoms with Gasteiger partial charge in [0.25, 0.3) is 0 Å². The number of hydrogen-bond donors (Lipinski definition) is 2. The van der Waals surface area contributed by atoms with Gasteiger partial charge in [-0.3, -0.25) is 0 Å². The highest BCUT2D eigenvalue weighted by atomic mass is 16.6. The lowest BCUT2D eigenvalue weighted by molar-refractivity contribution is 0.0452. The smallest absolute Gasteiger partial charge is 0.408 e. The van der Waals surface area contributed by atoms with Gasteiger partial charge in [-0.1, -0.05) is 13.0 Å². The Labute approximate surface area is 91.3 Å². The van der Waals surface area contributed by atoms with E-state index in [1.54, 1.807) is 20.8 Å². The number of aliphatic hydroxyl groups is 1. The van der Waals surface area contributed by atoms with Gasteiger partial charge in [-0.05, 0) is 27.2 Å². The summed E-state index contributed by atoms with van der Waals surface area (Å²) in [7, 11) is 0. The molecule has 0 fully saturated rings. The Balaban J connectivity index is 4.19. The van der Waals surface area contributed by atoms with Crippen LogP contribution in [0.3, 0.4) is 0 Å². The second-order valence-electron chi connectivity index (χ2n) is 4.38. The van der Waals surface area contributed by atoms with E-state index < -0.39 is 23.8 Å². The lowest BCUT2D eigenvalue weighted by Crippen LogP contribution is -2.44. The van der Waals surface area contributed by atoms with Gasteiger partial charge in [0.2, 0.25) is 0 Å². The van der Waals surface area contributed by atoms with Crippen molar-refractivity contribution < 1.29 is 14.6 Å². The lowest BCUT2D eigenvalue weighted by Gasteiger charge is -2.24. The maximum atomic E-state index is 11.4. The average molecular weight is 215 g/mol. The molecule has 2 N–H and O–H groups in total. The predicted octanol–water partition coefficient (Wildman–Crippen LogP) is 1.84. The molecular weight excluding hydrogens is 194 g/mol. The molecular formula is C11H21NO3. The van der Waals surface area contributed by atoms with E-state index in [0.29, 0.717) is 6.42 Å². The van der Waals surface area contributed by atoms with Gasteiger partial charge >= 0.3 is 6.09 Å². The minimum Gasteiger partial charge on any atom is -0.444 e. The Morgan fingerprint density at radius 3 is 2.47 bits per heavy atom. The quantitative estimate of drug-likeness (QED) is 0.703. The van der Waals surface area contributed by atoms with E-state index in [0.717, 1.165) is 0 Å². The van der Waals surface area contributed by atoms with Gasteiger partial charge in [-0.25, -0.2) is 4.79 Å². The zero-order chi connectivity index (χ0) is 12.1. The Bertz CT molecular complexity index is 220. The lowest BCUT2D eigenvalue weighted by atomic mass is 10.1. The molecule has 0 heterocycles. The van der Waals surface area contributed by atoms with E-state index in [9.17, 15) is 9.90 Å². The monoisotopic (exact) mass is 215 g/mol. The van der Waals surface area contributed by atoms with Gasteiger partial charge in [-0.15, -0.1) is 6.58 Å². The molecule has 2 atom stereocenters. The summed E-state index contributed by atoms with van der Waals surface area (Å²) in [5.41, 5.74) is -0.535. The van der Waals surface area contributed by atoms with E-state index in [1.807, 2.05) is 6.92 Å². The summed E-state index contributed by atoms with van der Waals surface area (Å²) in [6.45, 7) is 10.7. The summed E-state index contributed by atoms with van der Waals surface area (Å²) in [5.74, 6) is 0. The zero-order valence-electron chi connectivity index (χ0n) is 9.91. The molecule has 1 amide bonds. The molecule has 0 aromatic rings. The Kier molecular flexibility index (Phi) is 5.36. The van der Waals surface area contributed by atoms with Crippen LogP contribution in [0.5, 0.6) is 0 Å². The van der Waals surface area contributed by atoms with Crippen molar-refractivity contribution in [1.82, 2.24) is 5.32 Å². The fourth-order valence-electron chi connectivity index (χ4n) is 1.01. The first-order chi connectivity index (χ1) is 6.80. The summed E-state index contributed by atoms with van der Waals surface area (Å²) in [6.07, 6.45) is 0.875. The van der Waals surface area contributed by atoms with Crippen LogP contribution in [0, 0.1) is 0 Å². The molecule has 0 spiro atoms. The molecule has 4 nitrogen and oxygen atoms in total. The number of carbonyl (C=O) groups is 1. The van der Waals surface area contributed by atoms with Crippen molar-refractivity contribution in [3.05, 3.63) is 12.7 Å². The maximum absolute atomic E-state index is 11.4. The van der Waals surface area contributed by atoms with E-state index in [2.05, 4.69) is 11.9 Å². The summed E-state index contributed by atoms with van der Waals surface area (Å²) < 4.78 is 5.06. The molecule has 0 aliphatic heterocycles. The first-order valence-corrected chi connectivity index (χ1v) is 5.10. The van der Waals surface area contributed by atoms with Crippen molar-refractivity contribution in [3.8, 4) is 0 Å². The molecule has 15 heavy (non-hydrogen) atoms. The number of nitrogens with one attached hydrogen (secondary N) is 1. The average Bonchev–Trinajstić information content (AvgIpc) is 2.10. The van der Waals surface area contributed by atoms with Crippen LogP contribution >= 0.6 is 0 Å². The maximum Gasteiger partial charge on any atom is 0.408 e. The van der Waals surface area contributed by atoms with E-state index in [4.69, 9.17) is 4.74 Å². The number of carbonyl (C=O) groups excluding carboxylic acids is 1. The fourth-order valence-corrected chi connectivity index (χ4v) is 1.01. The van der Waals surface area contributed by atoms with E-state index in [-0.39, 0.29) is 0 Å². The Morgan fingerprint density at radius 1 is 1.60 bits per heavy atom. The highest BCUT2D eigenvalue weighted by Gasteiger charge is 2.21. The van der Waals surface area contributed by atoms with Gasteiger partial charge in [-0.2, -0.15) is 0 Å². The number of rotatable bonds is 4. The molecule has 0 saturated carbocycles. The molecule has 88 valence electrons. The Morgan fingerprint density at radius 2 is 2.13 bits per heavy atom. The number of hydrogen-bond acceptors (Lipinski definition) is 3. The minimum absolute atomic E-state index is 0.468. The van der Waals surface area contributed by atoms with Crippen LogP contribution in [0.2, 0.25) is 0 Å². The van der Waals surface area contributed by atoms with Gasteiger partial charge in [0.1, 0.15) is 5.60 Å². The van der Waals surface area contributed by atoms with Crippen molar-refractivity contribution in [2.24, 2.45) is 0 Å². The zero-order valence-corrected chi connectivity index (χ0v) is 9.91. The van der Waals surface area contributed by atoms with E-state index >= 15 is 0 Å². The van der Waals surface area contributed by atoms with Gasteiger partial charge < -0.3 is 15.2 Å². The molecule has 0 aliphatic carbocycles. The van der Waals surface area contributed by atoms with Crippen LogP contribution in [0.25, 0.3) is 0 Å². The first-order valence-electron chi connectivity index (χ1n) is 5.10. The molecule has 2 unspecified atom stereocenters. The van der Waals surface area contributed by atoms with Crippen LogP contribution in [0.1, 0.15) is 34.1 Å². The number of alkyl carbamates (subject to hydrolysis) is 1. The van der Waals surface area contributed by atoms with Crippen molar-refractivity contribution in [2.45, 2.75) is 51.9 Å². The summed E-state index contributed by atoms with van der Waals surface area (Å²) in [6, 6.07) is -0.468. The second-order valence-corrected chi connectivity index (χ2v) is 4.38. The molecule has 0 aliphatic rings. The van der Waals surface area contributed by atoms with Crippen molar-refractivity contribution >= 4 is 6.09 Å². The molecule has 0 radical (unpaired) electrons. The third kappa shape index (κ3) is 6.12. The third-order valence-corrected chi connectivity index (χ3v) is 1.77. The van der Waals surface area contributed by atoms with Gasteiger partial charge in [0.15, 0.2) is 0 Å². The second kappa shape index (κ2) is 5.75. The van der Waals surface area contributed by atoms with Crippen molar-refractivity contribution in [2.75, 3.05) is 0 Å². The van der Waals surface area contributed by atoms with Crippen LogP contribution in [-0.2, 0) is 4.74 Å². The largest absolute Gasteiger partial charge is 0.444 e. The highest BCUT2D eigenvalue weighted by molar-refractivity contribution is 5.68. The normalized spacial score (nSPS) is 15.3. The van der Waals surface area contributed by atoms with Crippen molar-refractivity contribution in [1.29, 1.82) is 0 Å². The molecule has 0 saturated heterocycles. The summed E-state index contributed by atoms with van der Waals surface area (Å²) in [5, 5.41) is 12.1. The number of ether oxygens (including phenoxy) is 1. The fraction of sp³-hybridized carbons (Fsp3) is 0.727. The number of amides is 1. The van der Waals surface area contributed by atoms with E-state index in [1.165, 1.54) is 6.08 Å². The molecule has 0 rings (SSSR count). The SMILES string of the molecule is C=CC(NC(=O)OC(C)(C)C)C(O)CC. The van der Waals surface area contributed by atoms with Crippen LogP contribution < -0.4 is 5.32 Å². The predicted molar refractivity (Wildman–Crippen MR) is 59.7 cm³/mol. The minimum atomic E-state index is -0.630. The van der Waals surface area contributed by atoms with Crippen LogP contribution in [0.15, 0.2) is 12.7 Å². The van der Waals surface area contributed by atoms with Crippen molar-refractivity contribution in [3.63, 3.8) is 0 Å².